The Bertz CT molecular complexity index is 1170. The lowest BCUT2D eigenvalue weighted by molar-refractivity contribution is -0.386. The van der Waals surface area contributed by atoms with Gasteiger partial charge in [-0.3, -0.25) is 14.9 Å². The molecule has 0 radical (unpaired) electrons. The van der Waals surface area contributed by atoms with E-state index in [9.17, 15) is 24.8 Å². The zero-order chi connectivity index (χ0) is 21.7. The second-order valence-corrected chi connectivity index (χ2v) is 6.69. The number of rotatable bonds is 7. The smallest absolute Gasteiger partial charge is 0.346 e. The van der Waals surface area contributed by atoms with E-state index in [1.54, 1.807) is 19.1 Å². The van der Waals surface area contributed by atoms with Crippen LogP contribution in [0.4, 0.5) is 5.69 Å². The molecule has 0 fully saturated rings. The second kappa shape index (κ2) is 8.96. The molecule has 154 valence electrons. The molecule has 1 aromatic carbocycles. The summed E-state index contributed by atoms with van der Waals surface area (Å²) in [5.74, 6) is -1.43. The molecule has 0 saturated heterocycles. The molecule has 3 N–H and O–H groups in total. The van der Waals surface area contributed by atoms with Gasteiger partial charge in [0, 0.05) is 11.6 Å². The summed E-state index contributed by atoms with van der Waals surface area (Å²) in [6, 6.07) is 7.41. The van der Waals surface area contributed by atoms with Crippen LogP contribution >= 0.6 is 11.3 Å². The summed E-state index contributed by atoms with van der Waals surface area (Å²) in [6.45, 7) is 1.84. The lowest BCUT2D eigenvalue weighted by Crippen LogP contribution is -2.24. The SMILES string of the molecule is CCOc1cc(/C=N/NC(=O)c2cc(-c3cccs3)[nH]c(=O)n2)cc([N+](=O)[O-])c1O. The largest absolute Gasteiger partial charge is 0.500 e. The number of benzene rings is 1. The monoisotopic (exact) mass is 429 g/mol. The number of aromatic nitrogens is 2. The number of ether oxygens (including phenoxy) is 1. The summed E-state index contributed by atoms with van der Waals surface area (Å²) in [4.78, 5) is 41.3. The maximum absolute atomic E-state index is 12.3. The first-order chi connectivity index (χ1) is 14.4. The molecule has 12 heteroatoms. The van der Waals surface area contributed by atoms with Crippen LogP contribution in [0.25, 0.3) is 10.6 Å². The number of aromatic hydroxyl groups is 1. The number of phenolic OH excluding ortho intramolecular Hbond substituents is 1. The average molecular weight is 429 g/mol. The van der Waals surface area contributed by atoms with E-state index in [0.717, 1.165) is 17.2 Å². The van der Waals surface area contributed by atoms with E-state index in [-0.39, 0.29) is 23.6 Å². The lowest BCUT2D eigenvalue weighted by Gasteiger charge is -2.07. The fourth-order valence-electron chi connectivity index (χ4n) is 2.45. The van der Waals surface area contributed by atoms with E-state index in [4.69, 9.17) is 4.74 Å². The van der Waals surface area contributed by atoms with Crippen molar-refractivity contribution < 1.29 is 19.6 Å². The molecule has 0 spiro atoms. The van der Waals surface area contributed by atoms with Gasteiger partial charge in [0.2, 0.25) is 5.75 Å². The molecule has 1 amide bonds. The highest BCUT2D eigenvalue weighted by atomic mass is 32.1. The standard InChI is InChI=1S/C18H15N5O6S/c1-2-29-14-7-10(6-13(16(14)24)23(27)28)9-19-22-17(25)12-8-11(20-18(26)21-12)15-4-3-5-30-15/h3-9,24H,2H2,1H3,(H,22,25)(H,20,21,26)/b19-9+. The predicted octanol–water partition coefficient (Wildman–Crippen LogP) is 2.27. The fraction of sp³-hybridized carbons (Fsp3) is 0.111. The minimum atomic E-state index is -0.764. The molecule has 30 heavy (non-hydrogen) atoms. The summed E-state index contributed by atoms with van der Waals surface area (Å²) < 4.78 is 5.18. The second-order valence-electron chi connectivity index (χ2n) is 5.74. The van der Waals surface area contributed by atoms with E-state index < -0.39 is 28.0 Å². The van der Waals surface area contributed by atoms with Gasteiger partial charge in [0.1, 0.15) is 5.69 Å². The average Bonchev–Trinajstić information content (AvgIpc) is 3.24. The Morgan fingerprint density at radius 2 is 2.27 bits per heavy atom. The van der Waals surface area contributed by atoms with Gasteiger partial charge < -0.3 is 14.8 Å². The third-order valence-corrected chi connectivity index (χ3v) is 4.62. The fourth-order valence-corrected chi connectivity index (χ4v) is 3.15. The van der Waals surface area contributed by atoms with Crippen LogP contribution in [0.15, 0.2) is 45.6 Å². The third-order valence-electron chi connectivity index (χ3n) is 3.72. The lowest BCUT2D eigenvalue weighted by atomic mass is 10.2. The molecule has 11 nitrogen and oxygen atoms in total. The number of thiophene rings is 1. The van der Waals surface area contributed by atoms with Crippen LogP contribution in [0.1, 0.15) is 23.0 Å². The Morgan fingerprint density at radius 3 is 2.93 bits per heavy atom. The third kappa shape index (κ3) is 4.67. The Hall–Kier alpha value is -4.06. The van der Waals surface area contributed by atoms with Gasteiger partial charge in [0.05, 0.1) is 28.3 Å². The minimum absolute atomic E-state index is 0.0867. The Kier molecular flexibility index (Phi) is 6.17. The van der Waals surface area contributed by atoms with Crippen molar-refractivity contribution in [1.29, 1.82) is 0 Å². The number of phenols is 1. The van der Waals surface area contributed by atoms with Crippen molar-refractivity contribution in [2.24, 2.45) is 5.10 Å². The Labute approximate surface area is 172 Å². The quantitative estimate of drug-likeness (QED) is 0.295. The first-order valence-corrected chi connectivity index (χ1v) is 9.40. The molecule has 0 unspecified atom stereocenters. The number of hydrogen-bond donors (Lipinski definition) is 3. The number of carbonyl (C=O) groups excluding carboxylic acids is 1. The van der Waals surface area contributed by atoms with Gasteiger partial charge in [0.25, 0.3) is 5.91 Å². The maximum Gasteiger partial charge on any atom is 0.346 e. The molecular formula is C18H15N5O6S. The minimum Gasteiger partial charge on any atom is -0.500 e. The highest BCUT2D eigenvalue weighted by molar-refractivity contribution is 7.13. The summed E-state index contributed by atoms with van der Waals surface area (Å²) in [6.07, 6.45) is 1.14. The molecule has 3 rings (SSSR count). The topological polar surface area (TPSA) is 160 Å². The molecule has 0 atom stereocenters. The molecule has 2 aromatic heterocycles. The summed E-state index contributed by atoms with van der Waals surface area (Å²) in [7, 11) is 0. The van der Waals surface area contributed by atoms with Crippen LogP contribution in [0, 0.1) is 10.1 Å². The first-order valence-electron chi connectivity index (χ1n) is 8.52. The highest BCUT2D eigenvalue weighted by Gasteiger charge is 2.19. The zero-order valence-electron chi connectivity index (χ0n) is 15.5. The number of hydrazone groups is 1. The van der Waals surface area contributed by atoms with Gasteiger partial charge in [0.15, 0.2) is 5.75 Å². The zero-order valence-corrected chi connectivity index (χ0v) is 16.3. The van der Waals surface area contributed by atoms with E-state index in [1.165, 1.54) is 23.5 Å². The normalized spacial score (nSPS) is 10.8. The summed E-state index contributed by atoms with van der Waals surface area (Å²) in [5, 5.41) is 26.5. The van der Waals surface area contributed by atoms with E-state index in [2.05, 4.69) is 20.5 Å². The molecule has 3 aromatic rings. The van der Waals surface area contributed by atoms with Gasteiger partial charge in [-0.25, -0.2) is 10.2 Å². The molecule has 2 heterocycles. The predicted molar refractivity (Wildman–Crippen MR) is 109 cm³/mol. The van der Waals surface area contributed by atoms with Crippen LogP contribution in [-0.2, 0) is 0 Å². The van der Waals surface area contributed by atoms with Crippen molar-refractivity contribution in [2.45, 2.75) is 6.92 Å². The van der Waals surface area contributed by atoms with Gasteiger partial charge in [-0.2, -0.15) is 10.1 Å². The first kappa shape index (κ1) is 20.7. The van der Waals surface area contributed by atoms with Gasteiger partial charge >= 0.3 is 11.4 Å². The number of carbonyl (C=O) groups is 1. The van der Waals surface area contributed by atoms with Crippen LogP contribution in [0.3, 0.4) is 0 Å². The van der Waals surface area contributed by atoms with E-state index in [0.29, 0.717) is 5.69 Å². The number of amides is 1. The number of aromatic amines is 1. The van der Waals surface area contributed by atoms with Gasteiger partial charge in [-0.1, -0.05) is 6.07 Å². The molecule has 0 aliphatic rings. The molecule has 0 aliphatic heterocycles. The number of H-pyrrole nitrogens is 1. The van der Waals surface area contributed by atoms with Gasteiger partial charge in [-0.15, -0.1) is 11.3 Å². The van der Waals surface area contributed by atoms with Crippen molar-refractivity contribution in [3.8, 4) is 22.1 Å². The molecular weight excluding hydrogens is 414 g/mol. The summed E-state index contributed by atoms with van der Waals surface area (Å²) in [5.41, 5.74) is 1.46. The Balaban J connectivity index is 1.81. The number of hydrogen-bond acceptors (Lipinski definition) is 9. The van der Waals surface area contributed by atoms with Crippen molar-refractivity contribution >= 4 is 29.1 Å². The van der Waals surface area contributed by atoms with Crippen LogP contribution in [-0.4, -0.2) is 38.7 Å². The number of nitro benzene ring substituents is 1. The number of nitrogens with one attached hydrogen (secondary N) is 2. The van der Waals surface area contributed by atoms with Crippen LogP contribution in [0.5, 0.6) is 11.5 Å². The Morgan fingerprint density at radius 1 is 1.47 bits per heavy atom. The highest BCUT2D eigenvalue weighted by Crippen LogP contribution is 2.36. The van der Waals surface area contributed by atoms with Crippen LogP contribution < -0.4 is 15.9 Å². The maximum atomic E-state index is 12.3. The molecule has 0 aliphatic carbocycles. The van der Waals surface area contributed by atoms with Crippen molar-refractivity contribution in [2.75, 3.05) is 6.61 Å². The van der Waals surface area contributed by atoms with Crippen molar-refractivity contribution in [3.05, 3.63) is 67.6 Å². The van der Waals surface area contributed by atoms with Crippen molar-refractivity contribution in [3.63, 3.8) is 0 Å². The van der Waals surface area contributed by atoms with Crippen molar-refractivity contribution in [1.82, 2.24) is 15.4 Å². The van der Waals surface area contributed by atoms with E-state index >= 15 is 0 Å². The molecule has 0 bridgehead atoms. The van der Waals surface area contributed by atoms with Gasteiger partial charge in [-0.05, 0) is 30.5 Å². The summed E-state index contributed by atoms with van der Waals surface area (Å²) >= 11 is 1.38. The van der Waals surface area contributed by atoms with Crippen LogP contribution in [0.2, 0.25) is 0 Å². The number of nitro groups is 1. The van der Waals surface area contributed by atoms with E-state index in [1.807, 2.05) is 5.38 Å². The molecule has 0 saturated carbocycles. The number of nitrogens with zero attached hydrogens (tertiary/aromatic N) is 3.